The van der Waals surface area contributed by atoms with Crippen molar-refractivity contribution >= 4 is 48.4 Å². The second-order valence-electron chi connectivity index (χ2n) is 3.02. The normalized spacial score (nSPS) is 11.2. The maximum absolute atomic E-state index is 12.1. The van der Waals surface area contributed by atoms with E-state index in [9.17, 15) is 8.42 Å². The summed E-state index contributed by atoms with van der Waals surface area (Å²) in [6, 6.07) is 1.44. The quantitative estimate of drug-likeness (QED) is 0.843. The van der Waals surface area contributed by atoms with E-state index >= 15 is 0 Å². The van der Waals surface area contributed by atoms with E-state index in [1.54, 1.807) is 7.05 Å². The summed E-state index contributed by atoms with van der Waals surface area (Å²) in [6.07, 6.45) is 1.50. The molecular formula is C7H7BrN6O2S2. The third kappa shape index (κ3) is 2.73. The predicted octanol–water partition coefficient (Wildman–Crippen LogP) is 0.933. The van der Waals surface area contributed by atoms with Crippen LogP contribution in [-0.4, -0.2) is 35.2 Å². The van der Waals surface area contributed by atoms with Gasteiger partial charge < -0.3 is 5.32 Å². The minimum atomic E-state index is -3.79. The van der Waals surface area contributed by atoms with Crippen molar-refractivity contribution < 1.29 is 8.42 Å². The fourth-order valence-corrected chi connectivity index (χ4v) is 3.41. The summed E-state index contributed by atoms with van der Waals surface area (Å²) >= 11 is 4.02. The highest BCUT2D eigenvalue weighted by Crippen LogP contribution is 2.24. The summed E-state index contributed by atoms with van der Waals surface area (Å²) in [4.78, 5) is 3.98. The number of hydrogen-bond donors (Lipinski definition) is 2. The number of nitrogens with one attached hydrogen (secondary N) is 2. The lowest BCUT2D eigenvalue weighted by molar-refractivity contribution is 0.601. The average Bonchev–Trinajstić information content (AvgIpc) is 2.81. The molecule has 2 rings (SSSR count). The Morgan fingerprint density at radius 2 is 2.22 bits per heavy atom. The molecule has 0 spiro atoms. The second-order valence-corrected chi connectivity index (χ2v) is 6.32. The third-order valence-electron chi connectivity index (χ3n) is 1.87. The maximum Gasteiger partial charge on any atom is 0.267 e. The molecule has 0 amide bonds. The van der Waals surface area contributed by atoms with Gasteiger partial charge in [-0.25, -0.2) is 13.4 Å². The zero-order chi connectivity index (χ0) is 13.2. The van der Waals surface area contributed by atoms with Crippen molar-refractivity contribution in [2.24, 2.45) is 0 Å². The molecule has 0 atom stereocenters. The van der Waals surface area contributed by atoms with Crippen molar-refractivity contribution in [2.45, 2.75) is 4.90 Å². The molecule has 2 N–H and O–H groups in total. The van der Waals surface area contributed by atoms with Gasteiger partial charge in [0.1, 0.15) is 10.7 Å². The lowest BCUT2D eigenvalue weighted by Gasteiger charge is -2.09. The molecule has 2 heterocycles. The molecule has 11 heteroatoms. The molecule has 18 heavy (non-hydrogen) atoms. The maximum atomic E-state index is 12.1. The summed E-state index contributed by atoms with van der Waals surface area (Å²) in [6.45, 7) is 0. The molecule has 0 aliphatic heterocycles. The smallest absolute Gasteiger partial charge is 0.267 e. The molecule has 0 aliphatic carbocycles. The Labute approximate surface area is 115 Å². The van der Waals surface area contributed by atoms with E-state index < -0.39 is 10.0 Å². The molecule has 0 saturated heterocycles. The lowest BCUT2D eigenvalue weighted by Crippen LogP contribution is -2.15. The van der Waals surface area contributed by atoms with E-state index in [4.69, 9.17) is 0 Å². The van der Waals surface area contributed by atoms with Gasteiger partial charge in [0.25, 0.3) is 10.0 Å². The molecule has 96 valence electrons. The van der Waals surface area contributed by atoms with Gasteiger partial charge in [0.05, 0.1) is 0 Å². The number of anilines is 2. The van der Waals surface area contributed by atoms with Gasteiger partial charge in [0.2, 0.25) is 5.13 Å². The molecule has 0 unspecified atom stereocenters. The zero-order valence-electron chi connectivity index (χ0n) is 8.95. The number of aromatic nitrogens is 4. The van der Waals surface area contributed by atoms with Gasteiger partial charge in [-0.15, -0.1) is 0 Å². The van der Waals surface area contributed by atoms with Crippen LogP contribution in [0.5, 0.6) is 0 Å². The van der Waals surface area contributed by atoms with E-state index in [2.05, 4.69) is 45.8 Å². The highest BCUT2D eigenvalue weighted by molar-refractivity contribution is 9.10. The molecule has 0 fully saturated rings. The molecule has 0 saturated carbocycles. The number of halogens is 1. The van der Waals surface area contributed by atoms with Gasteiger partial charge in [-0.3, -0.25) is 4.72 Å². The summed E-state index contributed by atoms with van der Waals surface area (Å²) in [5.41, 5.74) is 0. The first-order valence-electron chi connectivity index (χ1n) is 4.54. The molecular weight excluding hydrogens is 344 g/mol. The first kappa shape index (κ1) is 13.1. The highest BCUT2D eigenvalue weighted by atomic mass is 79.9. The fraction of sp³-hybridized carbons (Fsp3) is 0.143. The highest BCUT2D eigenvalue weighted by Gasteiger charge is 2.21. The third-order valence-corrected chi connectivity index (χ3v) is 4.29. The number of rotatable bonds is 4. The van der Waals surface area contributed by atoms with Crippen LogP contribution in [0.25, 0.3) is 0 Å². The van der Waals surface area contributed by atoms with Crippen LogP contribution >= 0.6 is 27.5 Å². The van der Waals surface area contributed by atoms with Gasteiger partial charge in [0, 0.05) is 29.2 Å². The van der Waals surface area contributed by atoms with Crippen LogP contribution in [0.15, 0.2) is 21.6 Å². The van der Waals surface area contributed by atoms with E-state index in [-0.39, 0.29) is 15.8 Å². The average molecular weight is 351 g/mol. The number of pyridine rings is 1. The largest absolute Gasteiger partial charge is 0.372 e. The SMILES string of the molecule is CNc1ncc(Br)cc1S(=O)(=O)Nc1nnns1. The van der Waals surface area contributed by atoms with Crippen LogP contribution in [0.1, 0.15) is 0 Å². The van der Waals surface area contributed by atoms with Crippen LogP contribution < -0.4 is 10.0 Å². The Morgan fingerprint density at radius 3 is 2.83 bits per heavy atom. The van der Waals surface area contributed by atoms with Gasteiger partial charge in [-0.2, -0.15) is 0 Å². The molecule has 0 radical (unpaired) electrons. The Kier molecular flexibility index (Phi) is 3.73. The van der Waals surface area contributed by atoms with Crippen molar-refractivity contribution in [2.75, 3.05) is 17.1 Å². The first-order valence-corrected chi connectivity index (χ1v) is 7.59. The van der Waals surface area contributed by atoms with Crippen molar-refractivity contribution in [1.82, 2.24) is 19.8 Å². The molecule has 0 bridgehead atoms. The summed E-state index contributed by atoms with van der Waals surface area (Å²) in [5.74, 6) is 0.239. The fourth-order valence-electron chi connectivity index (χ4n) is 1.16. The Bertz CT molecular complexity index is 644. The van der Waals surface area contributed by atoms with E-state index in [1.807, 2.05) is 0 Å². The number of hydrogen-bond acceptors (Lipinski definition) is 8. The lowest BCUT2D eigenvalue weighted by atomic mass is 10.4. The second kappa shape index (κ2) is 5.12. The van der Waals surface area contributed by atoms with E-state index in [0.29, 0.717) is 4.47 Å². The van der Waals surface area contributed by atoms with E-state index in [0.717, 1.165) is 11.5 Å². The van der Waals surface area contributed by atoms with Crippen molar-refractivity contribution in [3.05, 3.63) is 16.7 Å². The minimum absolute atomic E-state index is 0.00887. The van der Waals surface area contributed by atoms with Crippen LogP contribution in [0.4, 0.5) is 10.9 Å². The van der Waals surface area contributed by atoms with Crippen LogP contribution in [-0.2, 0) is 10.0 Å². The standard InChI is InChI=1S/C7H7BrN6O2S2/c1-9-6-5(2-4(8)3-10-6)18(15,16)12-7-11-13-14-17-7/h2-3H,1H3,(H,9,10)(H,11,12,14). The Balaban J connectivity index is 2.43. The van der Waals surface area contributed by atoms with Gasteiger partial charge in [-0.1, -0.05) is 9.59 Å². The number of nitrogens with zero attached hydrogens (tertiary/aromatic N) is 4. The van der Waals surface area contributed by atoms with Gasteiger partial charge in [-0.05, 0) is 27.2 Å². The van der Waals surface area contributed by atoms with Crippen molar-refractivity contribution in [3.63, 3.8) is 0 Å². The molecule has 0 aromatic carbocycles. The van der Waals surface area contributed by atoms with Crippen LogP contribution in [0, 0.1) is 0 Å². The molecule has 2 aromatic rings. The van der Waals surface area contributed by atoms with Gasteiger partial charge >= 0.3 is 0 Å². The van der Waals surface area contributed by atoms with Crippen molar-refractivity contribution in [3.8, 4) is 0 Å². The summed E-state index contributed by atoms with van der Waals surface area (Å²) in [5, 5.41) is 9.63. The Hall–Kier alpha value is -1.33. The monoisotopic (exact) mass is 350 g/mol. The van der Waals surface area contributed by atoms with Gasteiger partial charge in [0.15, 0.2) is 0 Å². The molecule has 8 nitrogen and oxygen atoms in total. The number of sulfonamides is 1. The predicted molar refractivity (Wildman–Crippen MR) is 70.0 cm³/mol. The molecule has 2 aromatic heterocycles. The summed E-state index contributed by atoms with van der Waals surface area (Å²) < 4.78 is 30.6. The molecule has 0 aliphatic rings. The van der Waals surface area contributed by atoms with Crippen LogP contribution in [0.3, 0.4) is 0 Å². The van der Waals surface area contributed by atoms with E-state index in [1.165, 1.54) is 12.3 Å². The zero-order valence-corrected chi connectivity index (χ0v) is 12.2. The Morgan fingerprint density at radius 1 is 1.44 bits per heavy atom. The summed E-state index contributed by atoms with van der Waals surface area (Å²) in [7, 11) is -2.20. The topological polar surface area (TPSA) is 110 Å². The minimum Gasteiger partial charge on any atom is -0.372 e. The van der Waals surface area contributed by atoms with Crippen LogP contribution in [0.2, 0.25) is 0 Å². The van der Waals surface area contributed by atoms with Crippen molar-refractivity contribution in [1.29, 1.82) is 0 Å². The first-order chi connectivity index (χ1) is 8.53.